The zero-order valence-corrected chi connectivity index (χ0v) is 16.9. The molecule has 2 aliphatic rings. The lowest BCUT2D eigenvalue weighted by Crippen LogP contribution is -2.26. The molecule has 29 heavy (non-hydrogen) atoms. The average molecular weight is 396 g/mol. The molecule has 5 heteroatoms. The number of rotatable bonds is 3. The predicted molar refractivity (Wildman–Crippen MR) is 111 cm³/mol. The number of nitrogens with zero attached hydrogens (tertiary/aromatic N) is 2. The molecule has 2 aromatic heterocycles. The Balaban J connectivity index is 1.71. The summed E-state index contributed by atoms with van der Waals surface area (Å²) in [6, 6.07) is 2.16. The average Bonchev–Trinajstić information content (AvgIpc) is 3.21. The summed E-state index contributed by atoms with van der Waals surface area (Å²) in [5.74, 6) is 3.63. The molecule has 0 spiro atoms. The first kappa shape index (κ1) is 19.8. The minimum atomic E-state index is -2.52. The standard InChI is InChI=1S/C24H26F2N2O/c1-16-5-6-17(2)22(16)20-12-21-23(27-13-20)19(4-3-11-29)15-28(21)14-18-7-9-24(25,26)10-8-18/h5-6,12-13,15,18,22,29H,7-11,14H2,1-2H3. The Morgan fingerprint density at radius 3 is 2.55 bits per heavy atom. The number of halogens is 2. The SMILES string of the molecule is CC1=CC=C(C)C1c1cnc2c(C#CCO)cn(CC3CCC(F)(F)CC3)c2c1. The topological polar surface area (TPSA) is 38.1 Å². The van der Waals surface area contributed by atoms with Crippen LogP contribution >= 0.6 is 0 Å². The second-order valence-corrected chi connectivity index (χ2v) is 8.35. The first-order valence-electron chi connectivity index (χ1n) is 10.2. The number of hydrogen-bond acceptors (Lipinski definition) is 2. The molecule has 1 saturated carbocycles. The predicted octanol–water partition coefficient (Wildman–Crippen LogP) is 5.20. The van der Waals surface area contributed by atoms with Crippen molar-refractivity contribution in [3.63, 3.8) is 0 Å². The van der Waals surface area contributed by atoms with Gasteiger partial charge < -0.3 is 9.67 Å². The van der Waals surface area contributed by atoms with E-state index in [2.05, 4.69) is 48.5 Å². The molecule has 2 heterocycles. The van der Waals surface area contributed by atoms with E-state index >= 15 is 0 Å². The van der Waals surface area contributed by atoms with Crippen molar-refractivity contribution < 1.29 is 13.9 Å². The molecule has 0 radical (unpaired) electrons. The van der Waals surface area contributed by atoms with Crippen LogP contribution in [0.2, 0.25) is 0 Å². The number of alkyl halides is 2. The van der Waals surface area contributed by atoms with Gasteiger partial charge in [-0.05, 0) is 44.2 Å². The lowest BCUT2D eigenvalue weighted by Gasteiger charge is -2.28. The van der Waals surface area contributed by atoms with Crippen molar-refractivity contribution in [2.45, 2.75) is 57.9 Å². The highest BCUT2D eigenvalue weighted by atomic mass is 19.3. The lowest BCUT2D eigenvalue weighted by molar-refractivity contribution is -0.0472. The highest BCUT2D eigenvalue weighted by Gasteiger charge is 2.35. The van der Waals surface area contributed by atoms with E-state index in [1.54, 1.807) is 0 Å². The van der Waals surface area contributed by atoms with Crippen LogP contribution < -0.4 is 0 Å². The van der Waals surface area contributed by atoms with Gasteiger partial charge in [0.05, 0.1) is 11.1 Å². The maximum Gasteiger partial charge on any atom is 0.248 e. The zero-order valence-electron chi connectivity index (χ0n) is 16.9. The number of hydrogen-bond donors (Lipinski definition) is 1. The fourth-order valence-corrected chi connectivity index (χ4v) is 4.62. The van der Waals surface area contributed by atoms with Crippen LogP contribution in [0.3, 0.4) is 0 Å². The van der Waals surface area contributed by atoms with E-state index in [0.717, 1.165) is 22.2 Å². The molecule has 2 aromatic rings. The highest BCUT2D eigenvalue weighted by Crippen LogP contribution is 2.39. The second kappa shape index (κ2) is 7.76. The van der Waals surface area contributed by atoms with Gasteiger partial charge in [0.15, 0.2) is 0 Å². The molecule has 1 fully saturated rings. The van der Waals surface area contributed by atoms with Gasteiger partial charge in [-0.2, -0.15) is 0 Å². The number of pyridine rings is 1. The maximum atomic E-state index is 13.5. The van der Waals surface area contributed by atoms with Crippen molar-refractivity contribution in [3.8, 4) is 11.8 Å². The Kier molecular flexibility index (Phi) is 5.31. The van der Waals surface area contributed by atoms with Gasteiger partial charge in [-0.1, -0.05) is 35.1 Å². The van der Waals surface area contributed by atoms with Crippen LogP contribution in [0.4, 0.5) is 8.78 Å². The normalized spacial score (nSPS) is 19.8. The van der Waals surface area contributed by atoms with Crippen molar-refractivity contribution >= 4 is 11.0 Å². The van der Waals surface area contributed by atoms with Crippen LogP contribution in [0.25, 0.3) is 11.0 Å². The van der Waals surface area contributed by atoms with Gasteiger partial charge in [0.25, 0.3) is 0 Å². The fourth-order valence-electron chi connectivity index (χ4n) is 4.62. The molecular formula is C24H26F2N2O. The van der Waals surface area contributed by atoms with E-state index in [1.807, 2.05) is 12.4 Å². The molecule has 1 N–H and O–H groups in total. The van der Waals surface area contributed by atoms with E-state index in [-0.39, 0.29) is 31.3 Å². The van der Waals surface area contributed by atoms with Crippen LogP contribution in [-0.4, -0.2) is 27.2 Å². The van der Waals surface area contributed by atoms with Crippen molar-refractivity contribution in [1.29, 1.82) is 0 Å². The molecule has 3 nitrogen and oxygen atoms in total. The van der Waals surface area contributed by atoms with E-state index in [4.69, 9.17) is 10.1 Å². The first-order chi connectivity index (χ1) is 13.9. The molecule has 0 aromatic carbocycles. The van der Waals surface area contributed by atoms with Gasteiger partial charge in [-0.3, -0.25) is 4.98 Å². The Bertz CT molecular complexity index is 1020. The molecule has 2 aliphatic carbocycles. The number of allylic oxidation sites excluding steroid dienone is 4. The number of aromatic nitrogens is 2. The third kappa shape index (κ3) is 4.00. The van der Waals surface area contributed by atoms with Gasteiger partial charge in [0.2, 0.25) is 5.92 Å². The van der Waals surface area contributed by atoms with E-state index in [9.17, 15) is 8.78 Å². The van der Waals surface area contributed by atoms with Crippen molar-refractivity contribution in [1.82, 2.24) is 9.55 Å². The lowest BCUT2D eigenvalue weighted by atomic mass is 9.86. The van der Waals surface area contributed by atoms with Gasteiger partial charge in [-0.15, -0.1) is 0 Å². The Morgan fingerprint density at radius 2 is 1.90 bits per heavy atom. The smallest absolute Gasteiger partial charge is 0.248 e. The van der Waals surface area contributed by atoms with Gasteiger partial charge >= 0.3 is 0 Å². The monoisotopic (exact) mass is 396 g/mol. The molecule has 0 atom stereocenters. The minimum absolute atomic E-state index is 0.0341. The van der Waals surface area contributed by atoms with E-state index < -0.39 is 5.92 Å². The van der Waals surface area contributed by atoms with Crippen molar-refractivity contribution in [2.24, 2.45) is 5.92 Å². The molecule has 0 amide bonds. The molecule has 4 rings (SSSR count). The third-order valence-electron chi connectivity index (χ3n) is 6.19. The van der Waals surface area contributed by atoms with Gasteiger partial charge in [0, 0.05) is 37.7 Å². The highest BCUT2D eigenvalue weighted by molar-refractivity contribution is 5.83. The van der Waals surface area contributed by atoms with Gasteiger partial charge in [-0.25, -0.2) is 8.78 Å². The number of aliphatic hydroxyl groups excluding tert-OH is 1. The maximum absolute atomic E-state index is 13.5. The van der Waals surface area contributed by atoms with Crippen LogP contribution in [0.15, 0.2) is 41.8 Å². The van der Waals surface area contributed by atoms with Gasteiger partial charge in [0.1, 0.15) is 12.1 Å². The summed E-state index contributed by atoms with van der Waals surface area (Å²) in [6.45, 7) is 4.73. The summed E-state index contributed by atoms with van der Waals surface area (Å²) in [5, 5.41) is 9.08. The molecular weight excluding hydrogens is 370 g/mol. The molecule has 0 bridgehead atoms. The summed E-state index contributed by atoms with van der Waals surface area (Å²) in [7, 11) is 0. The summed E-state index contributed by atoms with van der Waals surface area (Å²) >= 11 is 0. The third-order valence-corrected chi connectivity index (χ3v) is 6.19. The van der Waals surface area contributed by atoms with Crippen LogP contribution in [-0.2, 0) is 6.54 Å². The van der Waals surface area contributed by atoms with E-state index in [0.29, 0.717) is 19.4 Å². The first-order valence-corrected chi connectivity index (χ1v) is 10.2. The summed E-state index contributed by atoms with van der Waals surface area (Å²) in [6.07, 6.45) is 9.14. The summed E-state index contributed by atoms with van der Waals surface area (Å²) in [5.41, 5.74) is 6.26. The van der Waals surface area contributed by atoms with Crippen molar-refractivity contribution in [2.75, 3.05) is 6.61 Å². The Labute approximate surface area is 170 Å². The largest absolute Gasteiger partial charge is 0.384 e. The van der Waals surface area contributed by atoms with Crippen molar-refractivity contribution in [3.05, 3.63) is 52.9 Å². The second-order valence-electron chi connectivity index (χ2n) is 8.35. The number of aliphatic hydroxyl groups is 1. The Hall–Kier alpha value is -2.45. The van der Waals surface area contributed by atoms with Crippen LogP contribution in [0.5, 0.6) is 0 Å². The zero-order chi connectivity index (χ0) is 20.6. The Morgan fingerprint density at radius 1 is 1.21 bits per heavy atom. The number of fused-ring (bicyclic) bond motifs is 1. The van der Waals surface area contributed by atoms with Crippen LogP contribution in [0, 0.1) is 17.8 Å². The summed E-state index contributed by atoms with van der Waals surface area (Å²) < 4.78 is 29.2. The molecule has 152 valence electrons. The fraction of sp³-hybridized carbons (Fsp3) is 0.458. The summed E-state index contributed by atoms with van der Waals surface area (Å²) in [4.78, 5) is 4.70. The molecule has 0 unspecified atom stereocenters. The van der Waals surface area contributed by atoms with Crippen LogP contribution in [0.1, 0.15) is 56.6 Å². The quantitative estimate of drug-likeness (QED) is 0.725. The minimum Gasteiger partial charge on any atom is -0.384 e. The molecule has 0 saturated heterocycles. The molecule has 0 aliphatic heterocycles. The van der Waals surface area contributed by atoms with E-state index in [1.165, 1.54) is 11.1 Å².